The molecule has 1 amide bonds. The number of amides is 1. The van der Waals surface area contributed by atoms with Gasteiger partial charge in [-0.05, 0) is 73.0 Å². The Morgan fingerprint density at radius 1 is 0.811 bits per heavy atom. The van der Waals surface area contributed by atoms with E-state index in [9.17, 15) is 4.79 Å². The van der Waals surface area contributed by atoms with E-state index in [1.165, 1.54) is 22.5 Å². The van der Waals surface area contributed by atoms with Crippen LogP contribution in [-0.2, 0) is 4.79 Å². The first kappa shape index (κ1) is 22.9. The highest BCUT2D eigenvalue weighted by atomic mass is 32.1. The molecule has 0 radical (unpaired) electrons. The molecule has 0 bridgehead atoms. The number of aliphatic imine (C=N–C) groups is 1. The summed E-state index contributed by atoms with van der Waals surface area (Å²) in [5, 5.41) is 0.614. The van der Waals surface area contributed by atoms with E-state index in [1.54, 1.807) is 11.0 Å². The number of aryl methyl sites for hydroxylation is 2. The number of nitrogens with zero attached hydrogens (tertiary/aromatic N) is 3. The van der Waals surface area contributed by atoms with Crippen LogP contribution in [0.15, 0.2) is 108 Å². The zero-order valence-electron chi connectivity index (χ0n) is 20.4. The molecule has 0 unspecified atom stereocenters. The van der Waals surface area contributed by atoms with E-state index in [0.717, 1.165) is 32.8 Å². The molecule has 4 aromatic carbocycles. The molecular formula is C31H23N3O2S. The van der Waals surface area contributed by atoms with Crippen LogP contribution in [0.3, 0.4) is 0 Å². The number of benzene rings is 4. The monoisotopic (exact) mass is 501 g/mol. The average Bonchev–Trinajstić information content (AvgIpc) is 3.46. The molecule has 0 saturated carbocycles. The number of para-hydroxylation sites is 1. The molecule has 1 aromatic heterocycles. The Hall–Kier alpha value is -4.55. The molecule has 5 nitrogen and oxygen atoms in total. The summed E-state index contributed by atoms with van der Waals surface area (Å²) >= 11 is 1.50. The van der Waals surface area contributed by atoms with E-state index >= 15 is 0 Å². The van der Waals surface area contributed by atoms with Crippen LogP contribution < -0.4 is 9.64 Å². The number of ether oxygens (including phenoxy) is 1. The van der Waals surface area contributed by atoms with Gasteiger partial charge in [0.1, 0.15) is 23.0 Å². The highest BCUT2D eigenvalue weighted by Gasteiger charge is 2.34. The standard InChI is InChI=1S/C31H23N3O2S/c1-20-17-26-28(18-21(20)2)37-31(33-26)34-29(23-9-5-3-6-10-23)32-27(30(34)35)19-22-13-15-25(16-14-22)36-24-11-7-4-8-12-24/h3-19H,1-2H3/b27-19-. The van der Waals surface area contributed by atoms with Crippen LogP contribution in [0.4, 0.5) is 5.13 Å². The van der Waals surface area contributed by atoms with Gasteiger partial charge in [-0.2, -0.15) is 0 Å². The third-order valence-corrected chi connectivity index (χ3v) is 7.24. The van der Waals surface area contributed by atoms with Crippen molar-refractivity contribution >= 4 is 44.5 Å². The predicted octanol–water partition coefficient (Wildman–Crippen LogP) is 7.54. The molecule has 0 fully saturated rings. The molecule has 0 aliphatic carbocycles. The lowest BCUT2D eigenvalue weighted by molar-refractivity contribution is -0.113. The number of rotatable bonds is 5. The maximum absolute atomic E-state index is 13.7. The summed E-state index contributed by atoms with van der Waals surface area (Å²) in [7, 11) is 0. The number of hydrogen-bond acceptors (Lipinski definition) is 5. The van der Waals surface area contributed by atoms with Crippen molar-refractivity contribution in [3.8, 4) is 11.5 Å². The molecule has 0 N–H and O–H groups in total. The van der Waals surface area contributed by atoms with Gasteiger partial charge in [0.15, 0.2) is 5.13 Å². The fourth-order valence-electron chi connectivity index (χ4n) is 4.15. The van der Waals surface area contributed by atoms with Crippen molar-refractivity contribution in [2.24, 2.45) is 4.99 Å². The normalized spacial score (nSPS) is 14.4. The van der Waals surface area contributed by atoms with Gasteiger partial charge in [0.2, 0.25) is 0 Å². The molecule has 0 atom stereocenters. The molecule has 1 aliphatic heterocycles. The fraction of sp³-hybridized carbons (Fsp3) is 0.0645. The minimum atomic E-state index is -0.198. The van der Waals surface area contributed by atoms with E-state index in [2.05, 4.69) is 26.0 Å². The second-order valence-electron chi connectivity index (χ2n) is 8.86. The Labute approximate surface area is 219 Å². The first-order valence-electron chi connectivity index (χ1n) is 12.0. The van der Waals surface area contributed by atoms with Gasteiger partial charge in [0.25, 0.3) is 5.91 Å². The number of carbonyl (C=O) groups is 1. The summed E-state index contributed by atoms with van der Waals surface area (Å²) < 4.78 is 6.94. The Bertz CT molecular complexity index is 1630. The zero-order valence-corrected chi connectivity index (χ0v) is 21.2. The zero-order chi connectivity index (χ0) is 25.4. The third-order valence-electron chi connectivity index (χ3n) is 6.24. The quantitative estimate of drug-likeness (QED) is 0.234. The van der Waals surface area contributed by atoms with Gasteiger partial charge >= 0.3 is 0 Å². The maximum atomic E-state index is 13.7. The molecule has 6 rings (SSSR count). The highest BCUT2D eigenvalue weighted by molar-refractivity contribution is 7.22. The minimum absolute atomic E-state index is 0.198. The van der Waals surface area contributed by atoms with Crippen molar-refractivity contribution in [2.75, 3.05) is 4.90 Å². The number of amidine groups is 1. The average molecular weight is 502 g/mol. The summed E-state index contributed by atoms with van der Waals surface area (Å²) in [6.07, 6.45) is 1.80. The molecule has 0 spiro atoms. The number of hydrogen-bond donors (Lipinski definition) is 0. The lowest BCUT2D eigenvalue weighted by Gasteiger charge is -2.14. The van der Waals surface area contributed by atoms with Crippen molar-refractivity contribution in [3.63, 3.8) is 0 Å². The largest absolute Gasteiger partial charge is 0.457 e. The Morgan fingerprint density at radius 2 is 1.46 bits per heavy atom. The SMILES string of the molecule is Cc1cc2nc(N3C(=O)/C(=C/c4ccc(Oc5ccccc5)cc4)N=C3c3ccccc3)sc2cc1C. The predicted molar refractivity (Wildman–Crippen MR) is 150 cm³/mol. The van der Waals surface area contributed by atoms with Crippen molar-refractivity contribution < 1.29 is 9.53 Å². The summed E-state index contributed by atoms with van der Waals surface area (Å²) in [6, 6.07) is 31.2. The van der Waals surface area contributed by atoms with Crippen LogP contribution in [0, 0.1) is 13.8 Å². The molecule has 1 aliphatic rings. The summed E-state index contributed by atoms with van der Waals surface area (Å²) in [6.45, 7) is 4.16. The van der Waals surface area contributed by atoms with Crippen LogP contribution in [0.5, 0.6) is 11.5 Å². The summed E-state index contributed by atoms with van der Waals surface area (Å²) in [4.78, 5) is 24.9. The number of aromatic nitrogens is 1. The van der Waals surface area contributed by atoms with Crippen LogP contribution in [-0.4, -0.2) is 16.7 Å². The maximum Gasteiger partial charge on any atom is 0.284 e. The first-order chi connectivity index (χ1) is 18.0. The number of fused-ring (bicyclic) bond motifs is 1. The fourth-order valence-corrected chi connectivity index (χ4v) is 5.20. The van der Waals surface area contributed by atoms with Gasteiger partial charge in [-0.25, -0.2) is 14.9 Å². The second-order valence-corrected chi connectivity index (χ2v) is 9.87. The Balaban J connectivity index is 1.36. The molecule has 0 saturated heterocycles. The van der Waals surface area contributed by atoms with Gasteiger partial charge in [0, 0.05) is 5.56 Å². The van der Waals surface area contributed by atoms with Crippen molar-refractivity contribution in [1.82, 2.24) is 4.98 Å². The van der Waals surface area contributed by atoms with E-state index in [0.29, 0.717) is 16.7 Å². The second kappa shape index (κ2) is 9.48. The Morgan fingerprint density at radius 3 is 2.19 bits per heavy atom. The van der Waals surface area contributed by atoms with Gasteiger partial charge < -0.3 is 4.74 Å². The molecule has 2 heterocycles. The van der Waals surface area contributed by atoms with Gasteiger partial charge in [0.05, 0.1) is 10.2 Å². The van der Waals surface area contributed by atoms with Crippen LogP contribution in [0.2, 0.25) is 0 Å². The van der Waals surface area contributed by atoms with E-state index in [-0.39, 0.29) is 5.91 Å². The van der Waals surface area contributed by atoms with Crippen molar-refractivity contribution in [2.45, 2.75) is 13.8 Å². The number of anilines is 1. The van der Waals surface area contributed by atoms with E-state index < -0.39 is 0 Å². The summed E-state index contributed by atoms with van der Waals surface area (Å²) in [5.41, 5.74) is 5.34. The highest BCUT2D eigenvalue weighted by Crippen LogP contribution is 2.35. The van der Waals surface area contributed by atoms with Gasteiger partial charge in [-0.1, -0.05) is 72.0 Å². The third kappa shape index (κ3) is 4.55. The molecule has 5 aromatic rings. The van der Waals surface area contributed by atoms with Gasteiger partial charge in [-0.3, -0.25) is 4.79 Å². The lowest BCUT2D eigenvalue weighted by atomic mass is 10.1. The molecule has 6 heteroatoms. The van der Waals surface area contributed by atoms with Crippen molar-refractivity contribution in [3.05, 3.63) is 125 Å². The molecular weight excluding hydrogens is 478 g/mol. The first-order valence-corrected chi connectivity index (χ1v) is 12.8. The van der Waals surface area contributed by atoms with Crippen LogP contribution in [0.25, 0.3) is 16.3 Å². The minimum Gasteiger partial charge on any atom is -0.457 e. The summed E-state index contributed by atoms with van der Waals surface area (Å²) in [5.74, 6) is 1.87. The Kier molecular flexibility index (Phi) is 5.87. The van der Waals surface area contributed by atoms with Crippen LogP contribution in [0.1, 0.15) is 22.3 Å². The van der Waals surface area contributed by atoms with Crippen molar-refractivity contribution in [1.29, 1.82) is 0 Å². The topological polar surface area (TPSA) is 54.8 Å². The van der Waals surface area contributed by atoms with E-state index in [4.69, 9.17) is 14.7 Å². The smallest absolute Gasteiger partial charge is 0.284 e. The van der Waals surface area contributed by atoms with Gasteiger partial charge in [-0.15, -0.1) is 0 Å². The molecule has 180 valence electrons. The number of carbonyl (C=O) groups excluding carboxylic acids is 1. The molecule has 37 heavy (non-hydrogen) atoms. The lowest BCUT2D eigenvalue weighted by Crippen LogP contribution is -2.32. The van der Waals surface area contributed by atoms with E-state index in [1.807, 2.05) is 84.9 Å². The number of thiazole rings is 1. The van der Waals surface area contributed by atoms with Crippen LogP contribution >= 0.6 is 11.3 Å².